The Bertz CT molecular complexity index is 1170. The number of benzene rings is 1. The lowest BCUT2D eigenvalue weighted by atomic mass is 9.64. The van der Waals surface area contributed by atoms with Gasteiger partial charge < -0.3 is 19.9 Å². The SMILES string of the molecule is BC(B)(Oc1cc2cc(Nc3nc(Cl)ncc3Cl)ccc2n(C)c1=O)C(=O)NC. The molecule has 0 saturated carbocycles. The van der Waals surface area contributed by atoms with Crippen LogP contribution in [-0.2, 0) is 11.8 Å². The summed E-state index contributed by atoms with van der Waals surface area (Å²) in [6.45, 7) is 0. The first kappa shape index (κ1) is 21.0. The molecule has 0 fully saturated rings. The predicted molar refractivity (Wildman–Crippen MR) is 119 cm³/mol. The first-order valence-electron chi connectivity index (χ1n) is 8.62. The highest BCUT2D eigenvalue weighted by molar-refractivity contribution is 6.50. The van der Waals surface area contributed by atoms with Crippen LogP contribution in [0.15, 0.2) is 35.3 Å². The van der Waals surface area contributed by atoms with Crippen molar-refractivity contribution in [3.63, 3.8) is 0 Å². The summed E-state index contributed by atoms with van der Waals surface area (Å²) in [5.41, 5.74) is 1.02. The molecule has 0 saturated heterocycles. The average Bonchev–Trinajstić information content (AvgIpc) is 2.67. The lowest BCUT2D eigenvalue weighted by Crippen LogP contribution is -2.52. The lowest BCUT2D eigenvalue weighted by molar-refractivity contribution is -0.126. The third kappa shape index (κ3) is 4.33. The van der Waals surface area contributed by atoms with Crippen molar-refractivity contribution in [2.75, 3.05) is 12.4 Å². The number of fused-ring (bicyclic) bond motifs is 1. The number of hydrogen-bond donors (Lipinski definition) is 2. The number of carbonyl (C=O) groups is 1. The van der Waals surface area contributed by atoms with Crippen LogP contribution in [0.5, 0.6) is 5.75 Å². The second-order valence-electron chi connectivity index (χ2n) is 6.80. The molecule has 0 spiro atoms. The van der Waals surface area contributed by atoms with E-state index in [1.54, 1.807) is 47.0 Å². The minimum absolute atomic E-state index is 0.0622. The van der Waals surface area contributed by atoms with Crippen LogP contribution in [0, 0.1) is 0 Å². The van der Waals surface area contributed by atoms with Crippen molar-refractivity contribution in [2.45, 2.75) is 5.40 Å². The van der Waals surface area contributed by atoms with Gasteiger partial charge in [-0.15, -0.1) is 0 Å². The van der Waals surface area contributed by atoms with Crippen molar-refractivity contribution < 1.29 is 9.53 Å². The summed E-state index contributed by atoms with van der Waals surface area (Å²) in [6, 6.07) is 6.97. The van der Waals surface area contributed by atoms with Gasteiger partial charge in [0.25, 0.3) is 5.56 Å². The molecular weight excluding hydrogens is 415 g/mol. The van der Waals surface area contributed by atoms with E-state index in [1.165, 1.54) is 17.8 Å². The molecule has 0 atom stereocenters. The Labute approximate surface area is 178 Å². The standard InChI is InChI=1S/C17H17B2Cl2N5O3/c1-22-15(28)17(18,19)29-12-6-8-5-9(3-4-11(8)26(2)14(12)27)24-13-10(20)7-23-16(21)25-13/h3-7H,18-19H2,1-2H3,(H,22,28)(H,23,24,25). The summed E-state index contributed by atoms with van der Waals surface area (Å²) < 4.78 is 7.20. The van der Waals surface area contributed by atoms with Crippen molar-refractivity contribution >= 4 is 67.2 Å². The number of aryl methyl sites for hydroxylation is 1. The van der Waals surface area contributed by atoms with E-state index in [0.29, 0.717) is 22.0 Å². The number of amides is 1. The summed E-state index contributed by atoms with van der Waals surface area (Å²) in [4.78, 5) is 32.6. The fourth-order valence-corrected chi connectivity index (χ4v) is 3.07. The number of aromatic nitrogens is 3. The third-order valence-electron chi connectivity index (χ3n) is 4.31. The van der Waals surface area contributed by atoms with E-state index in [1.807, 2.05) is 0 Å². The minimum atomic E-state index is -1.21. The molecule has 3 aromatic rings. The highest BCUT2D eigenvalue weighted by Crippen LogP contribution is 2.27. The maximum absolute atomic E-state index is 12.7. The number of nitrogens with zero attached hydrogens (tertiary/aromatic N) is 3. The molecule has 1 amide bonds. The Kier molecular flexibility index (Phi) is 5.77. The van der Waals surface area contributed by atoms with Gasteiger partial charge in [0.05, 0.1) is 11.7 Å². The molecule has 0 unspecified atom stereocenters. The van der Waals surface area contributed by atoms with E-state index in [-0.39, 0.29) is 22.5 Å². The van der Waals surface area contributed by atoms with Crippen LogP contribution in [0.2, 0.25) is 10.3 Å². The zero-order valence-electron chi connectivity index (χ0n) is 16.2. The number of carbonyl (C=O) groups excluding carboxylic acids is 1. The molecule has 3 rings (SSSR count). The maximum Gasteiger partial charge on any atom is 0.293 e. The Morgan fingerprint density at radius 1 is 1.28 bits per heavy atom. The van der Waals surface area contributed by atoms with E-state index in [9.17, 15) is 9.59 Å². The summed E-state index contributed by atoms with van der Waals surface area (Å²) in [5, 5.41) is 5.48. The minimum Gasteiger partial charge on any atom is -0.491 e. The normalized spacial score (nSPS) is 11.3. The Hall–Kier alpha value is -2.71. The summed E-state index contributed by atoms with van der Waals surface area (Å²) in [7, 11) is 6.33. The maximum atomic E-state index is 12.7. The topological polar surface area (TPSA) is 98.1 Å². The fourth-order valence-electron chi connectivity index (χ4n) is 2.80. The molecule has 148 valence electrons. The van der Waals surface area contributed by atoms with Crippen LogP contribution in [0.25, 0.3) is 10.9 Å². The summed E-state index contributed by atoms with van der Waals surface area (Å²) in [6.07, 6.45) is 1.40. The van der Waals surface area contributed by atoms with Gasteiger partial charge >= 0.3 is 0 Å². The molecule has 2 N–H and O–H groups in total. The molecule has 2 aromatic heterocycles. The van der Waals surface area contributed by atoms with Crippen molar-refractivity contribution in [3.8, 4) is 5.75 Å². The van der Waals surface area contributed by atoms with Gasteiger partial charge in [0.2, 0.25) is 11.2 Å². The second kappa shape index (κ2) is 7.96. The second-order valence-corrected chi connectivity index (χ2v) is 7.54. The number of anilines is 2. The highest BCUT2D eigenvalue weighted by atomic mass is 35.5. The van der Waals surface area contributed by atoms with Crippen LogP contribution in [-0.4, -0.2) is 48.6 Å². The van der Waals surface area contributed by atoms with E-state index in [2.05, 4.69) is 20.6 Å². The van der Waals surface area contributed by atoms with Crippen molar-refractivity contribution in [2.24, 2.45) is 7.05 Å². The van der Waals surface area contributed by atoms with Crippen molar-refractivity contribution in [3.05, 3.63) is 51.1 Å². The van der Waals surface area contributed by atoms with Gasteiger partial charge in [0, 0.05) is 25.2 Å². The first-order chi connectivity index (χ1) is 13.6. The first-order valence-corrected chi connectivity index (χ1v) is 9.38. The van der Waals surface area contributed by atoms with E-state index >= 15 is 0 Å². The molecule has 0 aliphatic heterocycles. The van der Waals surface area contributed by atoms with Crippen LogP contribution >= 0.6 is 23.2 Å². The van der Waals surface area contributed by atoms with Crippen LogP contribution in [0.4, 0.5) is 11.5 Å². The van der Waals surface area contributed by atoms with Gasteiger partial charge in [-0.1, -0.05) is 11.6 Å². The van der Waals surface area contributed by atoms with Crippen LogP contribution < -0.4 is 20.9 Å². The Morgan fingerprint density at radius 2 is 2.00 bits per heavy atom. The number of nitrogens with one attached hydrogen (secondary N) is 2. The molecule has 0 aliphatic carbocycles. The zero-order chi connectivity index (χ0) is 21.3. The third-order valence-corrected chi connectivity index (χ3v) is 4.77. The van der Waals surface area contributed by atoms with Crippen molar-refractivity contribution in [1.82, 2.24) is 19.9 Å². The lowest BCUT2D eigenvalue weighted by Gasteiger charge is -2.25. The Morgan fingerprint density at radius 3 is 2.69 bits per heavy atom. The summed E-state index contributed by atoms with van der Waals surface area (Å²) >= 11 is 11.9. The molecule has 29 heavy (non-hydrogen) atoms. The molecule has 8 nitrogen and oxygen atoms in total. The molecule has 0 bridgehead atoms. The van der Waals surface area contributed by atoms with Crippen molar-refractivity contribution in [1.29, 1.82) is 0 Å². The van der Waals surface area contributed by atoms with Gasteiger partial charge in [0.1, 0.15) is 10.4 Å². The number of ether oxygens (including phenoxy) is 1. The van der Waals surface area contributed by atoms with Gasteiger partial charge in [-0.25, -0.2) is 4.98 Å². The number of likely N-dealkylation sites (N-methyl/N-ethyl adjacent to an activating group) is 1. The number of halogens is 2. The van der Waals surface area contributed by atoms with Crippen LogP contribution in [0.3, 0.4) is 0 Å². The van der Waals surface area contributed by atoms with Gasteiger partial charge in [-0.3, -0.25) is 9.59 Å². The smallest absolute Gasteiger partial charge is 0.293 e. The zero-order valence-corrected chi connectivity index (χ0v) is 17.7. The number of pyridine rings is 1. The molecule has 1 aromatic carbocycles. The summed E-state index contributed by atoms with van der Waals surface area (Å²) in [5.74, 6) is 0.0762. The molecular formula is C17H17B2Cl2N5O3. The number of rotatable bonds is 5. The predicted octanol–water partition coefficient (Wildman–Crippen LogP) is 0.424. The average molecular weight is 432 g/mol. The molecule has 2 heterocycles. The quantitative estimate of drug-likeness (QED) is 0.449. The van der Waals surface area contributed by atoms with Gasteiger partial charge in [-0.2, -0.15) is 4.98 Å². The Balaban J connectivity index is 2.03. The molecule has 12 heteroatoms. The van der Waals surface area contributed by atoms with Crippen LogP contribution in [0.1, 0.15) is 0 Å². The van der Waals surface area contributed by atoms with Gasteiger partial charge in [-0.05, 0) is 35.9 Å². The molecule has 0 radical (unpaired) electrons. The number of hydrogen-bond acceptors (Lipinski definition) is 6. The highest BCUT2D eigenvalue weighted by Gasteiger charge is 2.29. The van der Waals surface area contributed by atoms with E-state index in [0.717, 1.165) is 5.39 Å². The molecule has 0 aliphatic rings. The largest absolute Gasteiger partial charge is 0.491 e. The van der Waals surface area contributed by atoms with Gasteiger partial charge in [0.15, 0.2) is 27.3 Å². The van der Waals surface area contributed by atoms with E-state index in [4.69, 9.17) is 27.9 Å². The monoisotopic (exact) mass is 431 g/mol. The van der Waals surface area contributed by atoms with E-state index < -0.39 is 5.40 Å². The fraction of sp³-hybridized carbons (Fsp3) is 0.176.